The van der Waals surface area contributed by atoms with Crippen LogP contribution in [0.25, 0.3) is 11.3 Å². The van der Waals surface area contributed by atoms with Crippen LogP contribution >= 0.6 is 15.9 Å². The number of nitrogens with zero attached hydrogens (tertiary/aromatic N) is 1. The van der Waals surface area contributed by atoms with Crippen molar-refractivity contribution in [2.24, 2.45) is 0 Å². The highest BCUT2D eigenvalue weighted by atomic mass is 79.9. The van der Waals surface area contributed by atoms with Crippen molar-refractivity contribution in [3.05, 3.63) is 27.7 Å². The topological polar surface area (TPSA) is 61.3 Å². The van der Waals surface area contributed by atoms with Crippen molar-refractivity contribution in [2.75, 3.05) is 12.8 Å². The highest BCUT2D eigenvalue weighted by Gasteiger charge is 2.21. The van der Waals surface area contributed by atoms with Crippen LogP contribution in [-0.2, 0) is 12.8 Å². The minimum absolute atomic E-state index is 0.313. The lowest BCUT2D eigenvalue weighted by atomic mass is 9.97. The number of hydrogen-bond donors (Lipinski definition) is 1. The van der Waals surface area contributed by atoms with Crippen LogP contribution in [0, 0.1) is 0 Å². The lowest BCUT2D eigenvalue weighted by molar-refractivity contribution is 0.410. The average molecular weight is 337 g/mol. The van der Waals surface area contributed by atoms with Gasteiger partial charge < -0.3 is 15.0 Å². The van der Waals surface area contributed by atoms with Crippen LogP contribution in [0.5, 0.6) is 5.75 Å². The van der Waals surface area contributed by atoms with Gasteiger partial charge in [0.2, 0.25) is 5.88 Å². The Kier molecular flexibility index (Phi) is 3.70. The molecule has 0 spiro atoms. The third-order valence-corrected chi connectivity index (χ3v) is 4.64. The minimum Gasteiger partial charge on any atom is -0.495 e. The second-order valence-corrected chi connectivity index (χ2v) is 5.88. The van der Waals surface area contributed by atoms with Crippen molar-refractivity contribution in [3.63, 3.8) is 0 Å². The van der Waals surface area contributed by atoms with Gasteiger partial charge in [0.05, 0.1) is 11.6 Å². The van der Waals surface area contributed by atoms with Crippen molar-refractivity contribution in [1.82, 2.24) is 5.16 Å². The first-order valence-electron chi connectivity index (χ1n) is 6.81. The number of nitrogen functional groups attached to an aromatic ring is 1. The van der Waals surface area contributed by atoms with Crippen molar-refractivity contribution < 1.29 is 9.26 Å². The molecule has 0 amide bonds. The summed E-state index contributed by atoms with van der Waals surface area (Å²) in [5.41, 5.74) is 10.0. The maximum Gasteiger partial charge on any atom is 0.222 e. The van der Waals surface area contributed by atoms with Gasteiger partial charge in [0.25, 0.3) is 0 Å². The first-order valence-corrected chi connectivity index (χ1v) is 7.61. The highest BCUT2D eigenvalue weighted by molar-refractivity contribution is 9.10. The van der Waals surface area contributed by atoms with Gasteiger partial charge in [-0.05, 0) is 58.8 Å². The summed E-state index contributed by atoms with van der Waals surface area (Å²) in [5.74, 6) is 1.12. The number of aryl methyl sites for hydroxylation is 1. The highest BCUT2D eigenvalue weighted by Crippen LogP contribution is 2.42. The van der Waals surface area contributed by atoms with Gasteiger partial charge in [-0.15, -0.1) is 0 Å². The molecule has 0 aliphatic heterocycles. The normalized spacial score (nSPS) is 14.7. The zero-order valence-electron chi connectivity index (χ0n) is 11.4. The zero-order valence-corrected chi connectivity index (χ0v) is 13.0. The molecule has 1 aromatic heterocycles. The van der Waals surface area contributed by atoms with E-state index in [1.165, 1.54) is 30.4 Å². The number of hydrogen-bond acceptors (Lipinski definition) is 4. The fourth-order valence-corrected chi connectivity index (χ4v) is 3.64. The molecule has 0 saturated carbocycles. The fourth-order valence-electron chi connectivity index (χ4n) is 2.82. The SMILES string of the molecule is COc1c(-c2cc(N)on2)cc2c(c1Br)CCCCC2. The van der Waals surface area contributed by atoms with Crippen LogP contribution in [0.15, 0.2) is 21.1 Å². The van der Waals surface area contributed by atoms with Crippen LogP contribution in [-0.4, -0.2) is 12.3 Å². The van der Waals surface area contributed by atoms with E-state index in [1.54, 1.807) is 13.2 Å². The number of methoxy groups -OCH3 is 1. The molecule has 1 heterocycles. The van der Waals surface area contributed by atoms with E-state index in [-0.39, 0.29) is 0 Å². The zero-order chi connectivity index (χ0) is 14.1. The summed E-state index contributed by atoms with van der Waals surface area (Å²) in [6.45, 7) is 0. The smallest absolute Gasteiger partial charge is 0.222 e. The summed E-state index contributed by atoms with van der Waals surface area (Å²) in [6.07, 6.45) is 5.92. The Labute approximate surface area is 126 Å². The van der Waals surface area contributed by atoms with Crippen LogP contribution in [0.3, 0.4) is 0 Å². The van der Waals surface area contributed by atoms with E-state index >= 15 is 0 Å². The van der Waals surface area contributed by atoms with E-state index in [0.29, 0.717) is 11.6 Å². The molecular weight excluding hydrogens is 320 g/mol. The average Bonchev–Trinajstić information content (AvgIpc) is 2.73. The molecule has 3 rings (SSSR count). The largest absolute Gasteiger partial charge is 0.495 e. The number of benzene rings is 1. The van der Waals surface area contributed by atoms with E-state index in [1.807, 2.05) is 0 Å². The molecule has 1 aliphatic carbocycles. The van der Waals surface area contributed by atoms with Gasteiger partial charge in [-0.3, -0.25) is 0 Å². The number of aromatic nitrogens is 1. The van der Waals surface area contributed by atoms with Crippen LogP contribution in [0.2, 0.25) is 0 Å². The Hall–Kier alpha value is -1.49. The summed E-state index contributed by atoms with van der Waals surface area (Å²) in [7, 11) is 1.68. The molecule has 106 valence electrons. The number of ether oxygens (including phenoxy) is 1. The van der Waals surface area contributed by atoms with Crippen molar-refractivity contribution >= 4 is 21.8 Å². The fraction of sp³-hybridized carbons (Fsp3) is 0.400. The van der Waals surface area contributed by atoms with E-state index in [4.69, 9.17) is 15.0 Å². The maximum atomic E-state index is 5.63. The summed E-state index contributed by atoms with van der Waals surface area (Å²) in [5, 5.41) is 4.01. The number of fused-ring (bicyclic) bond motifs is 1. The van der Waals surface area contributed by atoms with Gasteiger partial charge >= 0.3 is 0 Å². The molecule has 0 saturated heterocycles. The molecule has 0 radical (unpaired) electrons. The number of anilines is 1. The second-order valence-electron chi connectivity index (χ2n) is 5.08. The summed E-state index contributed by atoms with van der Waals surface area (Å²) >= 11 is 3.70. The molecule has 0 bridgehead atoms. The van der Waals surface area contributed by atoms with Gasteiger partial charge in [0.1, 0.15) is 11.4 Å². The number of halogens is 1. The first kappa shape index (κ1) is 13.5. The Morgan fingerprint density at radius 3 is 2.75 bits per heavy atom. The van der Waals surface area contributed by atoms with Crippen molar-refractivity contribution in [1.29, 1.82) is 0 Å². The van der Waals surface area contributed by atoms with Crippen molar-refractivity contribution in [2.45, 2.75) is 32.1 Å². The molecule has 0 fully saturated rings. The van der Waals surface area contributed by atoms with Crippen LogP contribution in [0.4, 0.5) is 5.88 Å². The molecular formula is C15H17BrN2O2. The lowest BCUT2D eigenvalue weighted by Crippen LogP contribution is -1.99. The molecule has 2 N–H and O–H groups in total. The van der Waals surface area contributed by atoms with Gasteiger partial charge in [0, 0.05) is 11.6 Å². The first-order chi connectivity index (χ1) is 9.70. The molecule has 2 aromatic rings. The summed E-state index contributed by atoms with van der Waals surface area (Å²) in [4.78, 5) is 0. The summed E-state index contributed by atoms with van der Waals surface area (Å²) < 4.78 is 11.6. The van der Waals surface area contributed by atoms with E-state index in [2.05, 4.69) is 27.2 Å². The Morgan fingerprint density at radius 1 is 1.25 bits per heavy atom. The Balaban J connectivity index is 2.19. The van der Waals surface area contributed by atoms with Crippen LogP contribution in [0.1, 0.15) is 30.4 Å². The predicted molar refractivity (Wildman–Crippen MR) is 81.9 cm³/mol. The lowest BCUT2D eigenvalue weighted by Gasteiger charge is -2.16. The molecule has 0 unspecified atom stereocenters. The third-order valence-electron chi connectivity index (χ3n) is 3.80. The number of nitrogens with two attached hydrogens (primary N) is 1. The van der Waals surface area contributed by atoms with Crippen LogP contribution < -0.4 is 10.5 Å². The quantitative estimate of drug-likeness (QED) is 0.843. The molecule has 0 atom stereocenters. The molecule has 1 aromatic carbocycles. The van der Waals surface area contributed by atoms with E-state index < -0.39 is 0 Å². The second kappa shape index (κ2) is 5.48. The number of rotatable bonds is 2. The monoisotopic (exact) mass is 336 g/mol. The standard InChI is InChI=1S/C15H17BrN2O2/c1-19-15-11(12-8-13(17)20-18-12)7-9-5-3-2-4-6-10(9)14(15)16/h7-8H,2-6,17H2,1H3. The van der Waals surface area contributed by atoms with Crippen molar-refractivity contribution in [3.8, 4) is 17.0 Å². The van der Waals surface area contributed by atoms with Gasteiger partial charge in [0.15, 0.2) is 0 Å². The molecule has 1 aliphatic rings. The predicted octanol–water partition coefficient (Wildman–Crippen LogP) is 3.96. The Bertz CT molecular complexity index is 637. The van der Waals surface area contributed by atoms with Gasteiger partial charge in [-0.1, -0.05) is 11.6 Å². The third kappa shape index (κ3) is 2.30. The van der Waals surface area contributed by atoms with Gasteiger partial charge in [-0.2, -0.15) is 0 Å². The molecule has 5 heteroatoms. The maximum absolute atomic E-state index is 5.63. The van der Waals surface area contributed by atoms with E-state index in [0.717, 1.165) is 28.6 Å². The van der Waals surface area contributed by atoms with E-state index in [9.17, 15) is 0 Å². The Morgan fingerprint density at radius 2 is 2.05 bits per heavy atom. The van der Waals surface area contributed by atoms with Gasteiger partial charge in [-0.25, -0.2) is 0 Å². The summed E-state index contributed by atoms with van der Waals surface area (Å²) in [6, 6.07) is 3.90. The molecule has 20 heavy (non-hydrogen) atoms. The molecule has 4 nitrogen and oxygen atoms in total. The minimum atomic E-state index is 0.313.